The predicted molar refractivity (Wildman–Crippen MR) is 100.0 cm³/mol. The second-order valence-corrected chi connectivity index (χ2v) is 5.31. The fourth-order valence-corrected chi connectivity index (χ4v) is 2.39. The molecule has 0 spiro atoms. The van der Waals surface area contributed by atoms with Crippen LogP contribution in [0.4, 0.5) is 0 Å². The number of benzene rings is 2. The lowest BCUT2D eigenvalue weighted by Gasteiger charge is -2.09. The molecule has 0 saturated carbocycles. The van der Waals surface area contributed by atoms with E-state index in [0.717, 1.165) is 16.6 Å². The van der Waals surface area contributed by atoms with Crippen LogP contribution in [-0.2, 0) is 0 Å². The molecule has 2 aromatic carbocycles. The average molecular weight is 334 g/mol. The van der Waals surface area contributed by atoms with Gasteiger partial charge in [0.25, 0.3) is 5.56 Å². The maximum Gasteiger partial charge on any atom is 0.274 e. The number of aromatic amines is 1. The SMILES string of the molecule is C=CCOc1ccc(/C=C/c2nc3ccccc3[nH]c2=O)cc1OC. The van der Waals surface area contributed by atoms with E-state index in [-0.39, 0.29) is 5.56 Å². The standard InChI is InChI=1S/C20H18N2O3/c1-3-12-25-18-11-9-14(13-19(18)24-2)8-10-17-20(23)22-16-7-5-4-6-15(16)21-17/h3-11,13H,1,12H2,2H3,(H,22,23)/b10-8+. The molecular weight excluding hydrogens is 316 g/mol. The summed E-state index contributed by atoms with van der Waals surface area (Å²) in [5, 5.41) is 0. The predicted octanol–water partition coefficient (Wildman–Crippen LogP) is 3.67. The van der Waals surface area contributed by atoms with E-state index in [0.29, 0.717) is 23.8 Å². The van der Waals surface area contributed by atoms with E-state index in [1.165, 1.54) is 0 Å². The molecule has 0 aliphatic carbocycles. The Hall–Kier alpha value is -3.34. The molecule has 25 heavy (non-hydrogen) atoms. The Morgan fingerprint density at radius 2 is 2.00 bits per heavy atom. The lowest BCUT2D eigenvalue weighted by molar-refractivity contribution is 0.326. The first-order valence-corrected chi connectivity index (χ1v) is 7.80. The van der Waals surface area contributed by atoms with E-state index in [1.807, 2.05) is 48.5 Å². The first-order chi connectivity index (χ1) is 12.2. The summed E-state index contributed by atoms with van der Waals surface area (Å²) in [6.07, 6.45) is 5.17. The van der Waals surface area contributed by atoms with Gasteiger partial charge in [-0.3, -0.25) is 4.79 Å². The van der Waals surface area contributed by atoms with Gasteiger partial charge in [0.05, 0.1) is 18.1 Å². The Morgan fingerprint density at radius 3 is 2.80 bits per heavy atom. The van der Waals surface area contributed by atoms with Crippen molar-refractivity contribution in [1.82, 2.24) is 9.97 Å². The fraction of sp³-hybridized carbons (Fsp3) is 0.100. The minimum atomic E-state index is -0.229. The van der Waals surface area contributed by atoms with Crippen LogP contribution in [0.5, 0.6) is 11.5 Å². The number of hydrogen-bond donors (Lipinski definition) is 1. The largest absolute Gasteiger partial charge is 0.493 e. The fourth-order valence-electron chi connectivity index (χ4n) is 2.39. The zero-order valence-corrected chi connectivity index (χ0v) is 13.9. The molecule has 1 heterocycles. The third kappa shape index (κ3) is 3.77. The van der Waals surface area contributed by atoms with E-state index in [2.05, 4.69) is 16.5 Å². The average Bonchev–Trinajstić information content (AvgIpc) is 2.64. The maximum absolute atomic E-state index is 12.1. The van der Waals surface area contributed by atoms with Crippen LogP contribution in [0, 0.1) is 0 Å². The van der Waals surface area contributed by atoms with Crippen molar-refractivity contribution in [2.75, 3.05) is 13.7 Å². The smallest absolute Gasteiger partial charge is 0.274 e. The van der Waals surface area contributed by atoms with Gasteiger partial charge in [-0.05, 0) is 35.9 Å². The number of hydrogen-bond acceptors (Lipinski definition) is 4. The summed E-state index contributed by atoms with van der Waals surface area (Å²) in [7, 11) is 1.58. The number of H-pyrrole nitrogens is 1. The molecule has 3 aromatic rings. The van der Waals surface area contributed by atoms with Gasteiger partial charge in [-0.25, -0.2) is 4.98 Å². The van der Waals surface area contributed by atoms with Crippen LogP contribution in [0.2, 0.25) is 0 Å². The Kier molecular flexibility index (Phi) is 4.95. The second-order valence-electron chi connectivity index (χ2n) is 5.31. The van der Waals surface area contributed by atoms with Crippen LogP contribution in [0.25, 0.3) is 23.2 Å². The summed E-state index contributed by atoms with van der Waals surface area (Å²) >= 11 is 0. The molecule has 0 aliphatic rings. The Balaban J connectivity index is 1.90. The molecule has 0 bridgehead atoms. The molecule has 0 saturated heterocycles. The van der Waals surface area contributed by atoms with Gasteiger partial charge in [0, 0.05) is 0 Å². The summed E-state index contributed by atoms with van der Waals surface area (Å²) < 4.78 is 10.9. The monoisotopic (exact) mass is 334 g/mol. The maximum atomic E-state index is 12.1. The van der Waals surface area contributed by atoms with Gasteiger partial charge in [0.15, 0.2) is 11.5 Å². The topological polar surface area (TPSA) is 64.2 Å². The van der Waals surface area contributed by atoms with Crippen molar-refractivity contribution in [3.63, 3.8) is 0 Å². The van der Waals surface area contributed by atoms with Crippen molar-refractivity contribution < 1.29 is 9.47 Å². The molecule has 1 N–H and O–H groups in total. The van der Waals surface area contributed by atoms with Crippen LogP contribution < -0.4 is 15.0 Å². The molecule has 5 nitrogen and oxygen atoms in total. The van der Waals surface area contributed by atoms with Crippen LogP contribution >= 0.6 is 0 Å². The molecule has 0 fully saturated rings. The molecule has 5 heteroatoms. The highest BCUT2D eigenvalue weighted by molar-refractivity contribution is 5.76. The minimum absolute atomic E-state index is 0.229. The van der Waals surface area contributed by atoms with Crippen molar-refractivity contribution in [3.8, 4) is 11.5 Å². The Labute approximate surface area is 145 Å². The lowest BCUT2D eigenvalue weighted by atomic mass is 10.1. The van der Waals surface area contributed by atoms with E-state index in [9.17, 15) is 4.79 Å². The van der Waals surface area contributed by atoms with Crippen LogP contribution in [0.3, 0.4) is 0 Å². The van der Waals surface area contributed by atoms with Crippen molar-refractivity contribution in [2.24, 2.45) is 0 Å². The van der Waals surface area contributed by atoms with E-state index >= 15 is 0 Å². The van der Waals surface area contributed by atoms with Crippen molar-refractivity contribution in [2.45, 2.75) is 0 Å². The molecular formula is C20H18N2O3. The van der Waals surface area contributed by atoms with Gasteiger partial charge in [-0.1, -0.05) is 36.9 Å². The van der Waals surface area contributed by atoms with Crippen molar-refractivity contribution >= 4 is 23.2 Å². The first kappa shape index (κ1) is 16.5. The first-order valence-electron chi connectivity index (χ1n) is 7.80. The highest BCUT2D eigenvalue weighted by Gasteiger charge is 2.05. The van der Waals surface area contributed by atoms with E-state index < -0.39 is 0 Å². The number of ether oxygens (including phenoxy) is 2. The summed E-state index contributed by atoms with van der Waals surface area (Å²) in [6, 6.07) is 13.0. The van der Waals surface area contributed by atoms with Crippen molar-refractivity contribution in [3.05, 3.63) is 76.7 Å². The van der Waals surface area contributed by atoms with Gasteiger partial charge in [0.2, 0.25) is 0 Å². The molecule has 0 unspecified atom stereocenters. The molecule has 0 atom stereocenters. The number of rotatable bonds is 6. The number of methoxy groups -OCH3 is 1. The van der Waals surface area contributed by atoms with E-state index in [1.54, 1.807) is 19.3 Å². The molecule has 0 amide bonds. The normalized spacial score (nSPS) is 10.9. The molecule has 126 valence electrons. The van der Waals surface area contributed by atoms with Crippen LogP contribution in [-0.4, -0.2) is 23.7 Å². The minimum Gasteiger partial charge on any atom is -0.493 e. The zero-order chi connectivity index (χ0) is 17.6. The second kappa shape index (κ2) is 7.49. The van der Waals surface area contributed by atoms with Gasteiger partial charge in [-0.2, -0.15) is 0 Å². The molecule has 0 radical (unpaired) electrons. The number of aromatic nitrogens is 2. The lowest BCUT2D eigenvalue weighted by Crippen LogP contribution is -2.11. The highest BCUT2D eigenvalue weighted by Crippen LogP contribution is 2.28. The summed E-state index contributed by atoms with van der Waals surface area (Å²) in [6.45, 7) is 4.03. The van der Waals surface area contributed by atoms with Crippen LogP contribution in [0.1, 0.15) is 11.3 Å². The van der Waals surface area contributed by atoms with Crippen molar-refractivity contribution in [1.29, 1.82) is 0 Å². The third-order valence-corrected chi connectivity index (χ3v) is 3.60. The molecule has 1 aromatic heterocycles. The van der Waals surface area contributed by atoms with Gasteiger partial charge < -0.3 is 14.5 Å². The van der Waals surface area contributed by atoms with Crippen LogP contribution in [0.15, 0.2) is 59.9 Å². The summed E-state index contributed by atoms with van der Waals surface area (Å²) in [5.41, 5.74) is 2.46. The van der Waals surface area contributed by atoms with Gasteiger partial charge >= 0.3 is 0 Å². The number of para-hydroxylation sites is 2. The summed E-state index contributed by atoms with van der Waals surface area (Å²) in [4.78, 5) is 19.3. The van der Waals surface area contributed by atoms with Gasteiger partial charge in [-0.15, -0.1) is 0 Å². The molecule has 3 rings (SSSR count). The van der Waals surface area contributed by atoms with E-state index in [4.69, 9.17) is 9.47 Å². The Bertz CT molecular complexity index is 990. The summed E-state index contributed by atoms with van der Waals surface area (Å²) in [5.74, 6) is 1.26. The van der Waals surface area contributed by atoms with Gasteiger partial charge in [0.1, 0.15) is 12.3 Å². The molecule has 0 aliphatic heterocycles. The number of nitrogens with one attached hydrogen (secondary N) is 1. The quantitative estimate of drug-likeness (QED) is 0.699. The Morgan fingerprint density at radius 1 is 1.16 bits per heavy atom. The number of fused-ring (bicyclic) bond motifs is 1. The third-order valence-electron chi connectivity index (χ3n) is 3.60. The highest BCUT2D eigenvalue weighted by atomic mass is 16.5. The zero-order valence-electron chi connectivity index (χ0n) is 13.9. The number of nitrogens with zero attached hydrogens (tertiary/aromatic N) is 1.